The highest BCUT2D eigenvalue weighted by Gasteiger charge is 1.70. The summed E-state index contributed by atoms with van der Waals surface area (Å²) in [4.78, 5) is 9.82. The van der Waals surface area contributed by atoms with Crippen LogP contribution in [0.5, 0.6) is 0 Å². The zero-order valence-corrected chi connectivity index (χ0v) is 6.42. The van der Waals surface area contributed by atoms with Crippen LogP contribution in [0.25, 0.3) is 0 Å². The van der Waals surface area contributed by atoms with Gasteiger partial charge in [-0.15, -0.1) is 0 Å². The lowest BCUT2D eigenvalue weighted by Gasteiger charge is -1.79. The maximum absolute atomic E-state index is 9.82. The molecule has 1 nitrogen and oxygen atoms in total. The van der Waals surface area contributed by atoms with Crippen LogP contribution < -0.4 is 0 Å². The second kappa shape index (κ2) is 8.15. The summed E-state index contributed by atoms with van der Waals surface area (Å²) in [7, 11) is 0. The zero-order chi connectivity index (χ0) is 7.66. The minimum Gasteiger partial charge on any atom is -0.303 e. The molecule has 0 aliphatic rings. The highest BCUT2D eigenvalue weighted by molar-refractivity contribution is 5.52. The molecule has 0 unspecified atom stereocenters. The summed E-state index contributed by atoms with van der Waals surface area (Å²) in [5.41, 5.74) is 0. The van der Waals surface area contributed by atoms with Gasteiger partial charge in [-0.25, -0.2) is 0 Å². The van der Waals surface area contributed by atoms with Gasteiger partial charge in [0.25, 0.3) is 0 Å². The summed E-state index contributed by atoms with van der Waals surface area (Å²) in [6.45, 7) is 2.14. The predicted molar refractivity (Wildman–Crippen MR) is 43.9 cm³/mol. The van der Waals surface area contributed by atoms with Crippen molar-refractivity contribution in [2.45, 2.75) is 26.2 Å². The summed E-state index contributed by atoms with van der Waals surface area (Å²) in [5.74, 6) is 0. The van der Waals surface area contributed by atoms with Crippen LogP contribution in [-0.2, 0) is 4.79 Å². The molecule has 0 spiro atoms. The molecule has 0 aromatic heterocycles. The van der Waals surface area contributed by atoms with Gasteiger partial charge < -0.3 is 4.79 Å². The van der Waals surface area contributed by atoms with E-state index in [-0.39, 0.29) is 0 Å². The Kier molecular flexibility index (Phi) is 7.46. The molecule has 0 aromatic rings. The minimum atomic E-state index is 0.524. The molecule has 0 bridgehead atoms. The van der Waals surface area contributed by atoms with E-state index in [1.165, 1.54) is 6.42 Å². The minimum absolute atomic E-state index is 0.524. The van der Waals surface area contributed by atoms with Gasteiger partial charge in [-0.05, 0) is 6.42 Å². The first kappa shape index (κ1) is 9.15. The van der Waals surface area contributed by atoms with E-state index in [2.05, 4.69) is 13.0 Å². The molecule has 0 N–H and O–H groups in total. The molecule has 0 saturated heterocycles. The SMILES string of the molecule is CCC/C=C/C=C/CC=O. The molecule has 0 fully saturated rings. The second-order valence-corrected chi connectivity index (χ2v) is 2.05. The molecule has 0 amide bonds. The molecule has 0 heterocycles. The van der Waals surface area contributed by atoms with Crippen molar-refractivity contribution < 1.29 is 4.79 Å². The van der Waals surface area contributed by atoms with E-state index in [9.17, 15) is 4.79 Å². The standard InChI is InChI=1S/C9H14O/c1-2-3-4-5-6-7-8-9-10/h4-7,9H,2-3,8H2,1H3/b5-4+,7-6+. The monoisotopic (exact) mass is 138 g/mol. The first-order valence-electron chi connectivity index (χ1n) is 3.67. The molecule has 10 heavy (non-hydrogen) atoms. The number of rotatable bonds is 5. The Labute approximate surface area is 62.4 Å². The first-order chi connectivity index (χ1) is 4.91. The van der Waals surface area contributed by atoms with Crippen molar-refractivity contribution in [1.29, 1.82) is 0 Å². The van der Waals surface area contributed by atoms with Gasteiger partial charge in [0.05, 0.1) is 0 Å². The fraction of sp³-hybridized carbons (Fsp3) is 0.444. The fourth-order valence-corrected chi connectivity index (χ4v) is 0.554. The Balaban J connectivity index is 3.22. The third kappa shape index (κ3) is 7.15. The van der Waals surface area contributed by atoms with E-state index >= 15 is 0 Å². The highest BCUT2D eigenvalue weighted by Crippen LogP contribution is 1.88. The van der Waals surface area contributed by atoms with Crippen molar-refractivity contribution in [3.8, 4) is 0 Å². The van der Waals surface area contributed by atoms with E-state index in [0.717, 1.165) is 12.7 Å². The van der Waals surface area contributed by atoms with Crippen LogP contribution in [0.1, 0.15) is 26.2 Å². The Morgan fingerprint density at radius 2 is 1.90 bits per heavy atom. The van der Waals surface area contributed by atoms with Gasteiger partial charge in [0.1, 0.15) is 6.29 Å². The smallest absolute Gasteiger partial charge is 0.123 e. The molecule has 0 saturated carbocycles. The van der Waals surface area contributed by atoms with Gasteiger partial charge in [-0.3, -0.25) is 0 Å². The molecule has 0 aliphatic carbocycles. The number of carbonyl (C=O) groups excluding carboxylic acids is 1. The number of hydrogen-bond donors (Lipinski definition) is 0. The van der Waals surface area contributed by atoms with E-state index in [1.807, 2.05) is 18.2 Å². The van der Waals surface area contributed by atoms with E-state index < -0.39 is 0 Å². The molecule has 0 atom stereocenters. The number of allylic oxidation sites excluding steroid dienone is 4. The fourth-order valence-electron chi connectivity index (χ4n) is 0.554. The maximum atomic E-state index is 9.82. The third-order valence-corrected chi connectivity index (χ3v) is 1.07. The molecular formula is C9H14O. The van der Waals surface area contributed by atoms with Crippen molar-refractivity contribution in [3.63, 3.8) is 0 Å². The van der Waals surface area contributed by atoms with Crippen molar-refractivity contribution in [2.24, 2.45) is 0 Å². The number of unbranched alkanes of at least 4 members (excludes halogenated alkanes) is 1. The van der Waals surface area contributed by atoms with Gasteiger partial charge in [-0.1, -0.05) is 37.6 Å². The third-order valence-electron chi connectivity index (χ3n) is 1.07. The summed E-state index contributed by atoms with van der Waals surface area (Å²) in [5, 5.41) is 0. The number of aldehydes is 1. The molecule has 0 rings (SSSR count). The molecule has 0 aromatic carbocycles. The summed E-state index contributed by atoms with van der Waals surface area (Å²) in [6.07, 6.45) is 11.5. The van der Waals surface area contributed by atoms with E-state index in [4.69, 9.17) is 0 Å². The Morgan fingerprint density at radius 3 is 2.50 bits per heavy atom. The predicted octanol–water partition coefficient (Wildman–Crippen LogP) is 2.49. The average Bonchev–Trinajstić information content (AvgIpc) is 1.97. The normalized spacial score (nSPS) is 11.3. The largest absolute Gasteiger partial charge is 0.303 e. The molecule has 1 heteroatoms. The van der Waals surface area contributed by atoms with Gasteiger partial charge >= 0.3 is 0 Å². The van der Waals surface area contributed by atoms with Crippen LogP contribution in [0.2, 0.25) is 0 Å². The lowest BCUT2D eigenvalue weighted by molar-refractivity contribution is -0.107. The quantitative estimate of drug-likeness (QED) is 0.421. The van der Waals surface area contributed by atoms with Gasteiger partial charge in [-0.2, -0.15) is 0 Å². The Morgan fingerprint density at radius 1 is 1.20 bits per heavy atom. The Bertz CT molecular complexity index is 123. The topological polar surface area (TPSA) is 17.1 Å². The molecule has 0 radical (unpaired) electrons. The summed E-state index contributed by atoms with van der Waals surface area (Å²) < 4.78 is 0. The van der Waals surface area contributed by atoms with Crippen LogP contribution in [0.3, 0.4) is 0 Å². The van der Waals surface area contributed by atoms with Crippen LogP contribution in [0.4, 0.5) is 0 Å². The Hall–Kier alpha value is -0.850. The average molecular weight is 138 g/mol. The lowest BCUT2D eigenvalue weighted by atomic mass is 10.3. The highest BCUT2D eigenvalue weighted by atomic mass is 16.1. The van der Waals surface area contributed by atoms with Crippen LogP contribution in [0, 0.1) is 0 Å². The van der Waals surface area contributed by atoms with Gasteiger partial charge in [0.15, 0.2) is 0 Å². The van der Waals surface area contributed by atoms with Crippen LogP contribution in [0.15, 0.2) is 24.3 Å². The first-order valence-corrected chi connectivity index (χ1v) is 3.67. The van der Waals surface area contributed by atoms with Crippen LogP contribution in [-0.4, -0.2) is 6.29 Å². The number of hydrogen-bond acceptors (Lipinski definition) is 1. The van der Waals surface area contributed by atoms with Crippen molar-refractivity contribution >= 4 is 6.29 Å². The van der Waals surface area contributed by atoms with Crippen molar-refractivity contribution in [3.05, 3.63) is 24.3 Å². The van der Waals surface area contributed by atoms with E-state index in [1.54, 1.807) is 0 Å². The van der Waals surface area contributed by atoms with Gasteiger partial charge in [0, 0.05) is 6.42 Å². The summed E-state index contributed by atoms with van der Waals surface area (Å²) in [6, 6.07) is 0. The van der Waals surface area contributed by atoms with Crippen LogP contribution >= 0.6 is 0 Å². The summed E-state index contributed by atoms with van der Waals surface area (Å²) >= 11 is 0. The zero-order valence-electron chi connectivity index (χ0n) is 6.42. The maximum Gasteiger partial charge on any atom is 0.123 e. The molecule has 56 valence electrons. The molecule has 0 aliphatic heterocycles. The van der Waals surface area contributed by atoms with Crippen molar-refractivity contribution in [2.75, 3.05) is 0 Å². The van der Waals surface area contributed by atoms with Gasteiger partial charge in [0.2, 0.25) is 0 Å². The lowest BCUT2D eigenvalue weighted by Crippen LogP contribution is -1.64. The van der Waals surface area contributed by atoms with E-state index in [0.29, 0.717) is 6.42 Å². The molecular weight excluding hydrogens is 124 g/mol. The number of carbonyl (C=O) groups is 1. The second-order valence-electron chi connectivity index (χ2n) is 2.05. The van der Waals surface area contributed by atoms with Crippen molar-refractivity contribution in [1.82, 2.24) is 0 Å².